The smallest absolute Gasteiger partial charge is 0.163 e. The third kappa shape index (κ3) is 12.0. The number of Topliss-reactive ketones (excluding diaryl/α,β-unsaturated/α-hetero) is 1. The highest BCUT2D eigenvalue weighted by Crippen LogP contribution is 2.51. The quantitative estimate of drug-likeness (QED) is 0.0436. The minimum absolute atomic E-state index is 0.00436. The van der Waals surface area contributed by atoms with Crippen LogP contribution < -0.4 is 26.4 Å². The van der Waals surface area contributed by atoms with Crippen molar-refractivity contribution in [1.82, 2.24) is 16.0 Å². The molecule has 2 heterocycles. The maximum absolute atomic E-state index is 13.3. The van der Waals surface area contributed by atoms with Crippen molar-refractivity contribution in [2.75, 3.05) is 27.2 Å². The Morgan fingerprint density at radius 2 is 1.70 bits per heavy atom. The number of carbonyl (C=O) groups is 2. The Morgan fingerprint density at radius 1 is 0.951 bits per heavy atom. The number of methoxy groups -OCH3 is 1. The fourth-order valence-electron chi connectivity index (χ4n) is 10.8. The van der Waals surface area contributed by atoms with E-state index in [0.717, 1.165) is 73.9 Å². The van der Waals surface area contributed by atoms with Gasteiger partial charge in [0.1, 0.15) is 5.78 Å². The monoisotopic (exact) mass is 825 g/mol. The van der Waals surface area contributed by atoms with Crippen LogP contribution in [-0.4, -0.2) is 56.1 Å². The molecule has 2 aliphatic heterocycles. The average Bonchev–Trinajstić information content (AvgIpc) is 3.74. The minimum Gasteiger partial charge on any atom is -0.504 e. The summed E-state index contributed by atoms with van der Waals surface area (Å²) >= 11 is 0. The topological polar surface area (TPSA) is 126 Å². The van der Waals surface area contributed by atoms with Gasteiger partial charge in [0.2, 0.25) is 0 Å². The van der Waals surface area contributed by atoms with Crippen LogP contribution in [0.1, 0.15) is 98.4 Å². The van der Waals surface area contributed by atoms with Crippen molar-refractivity contribution < 1.29 is 19.4 Å². The Hall–Kier alpha value is -4.76. The molecule has 8 heteroatoms. The summed E-state index contributed by atoms with van der Waals surface area (Å²) in [6.45, 7) is 2.18. The second kappa shape index (κ2) is 21.4. The molecule has 8 nitrogen and oxygen atoms in total. The molecular formula is C53H68N4O4. The highest BCUT2D eigenvalue weighted by Gasteiger charge is 2.43. The van der Waals surface area contributed by atoms with E-state index in [0.29, 0.717) is 42.4 Å². The molecule has 1 saturated carbocycles. The molecule has 0 aromatic heterocycles. The molecule has 61 heavy (non-hydrogen) atoms. The molecule has 5 atom stereocenters. The fourth-order valence-corrected chi connectivity index (χ4v) is 10.8. The van der Waals surface area contributed by atoms with Gasteiger partial charge in [0.15, 0.2) is 17.3 Å². The predicted molar refractivity (Wildman–Crippen MR) is 247 cm³/mol. The van der Waals surface area contributed by atoms with Crippen molar-refractivity contribution in [3.63, 3.8) is 0 Å². The summed E-state index contributed by atoms with van der Waals surface area (Å²) in [6, 6.07) is 23.3. The lowest BCUT2D eigenvalue weighted by Crippen LogP contribution is -2.49. The Bertz CT molecular complexity index is 2080. The molecule has 2 aliphatic carbocycles. The van der Waals surface area contributed by atoms with Crippen LogP contribution in [0.4, 0.5) is 0 Å². The number of benzene rings is 3. The van der Waals surface area contributed by atoms with Gasteiger partial charge < -0.3 is 31.5 Å². The fraction of sp³-hybridized carbons (Fsp3) is 0.472. The SMILES string of the molecule is CNC1C=CC2CNCCC2C1CC1(CCCC(=O)CC(=O)C=Cc2cc(OC)c(O)cc2CC2=CNC(N)C=C2CCc2cccc(CCc3ccccc3)c2)CCCC1. The van der Waals surface area contributed by atoms with Gasteiger partial charge in [0.05, 0.1) is 19.7 Å². The van der Waals surface area contributed by atoms with Crippen LogP contribution in [0.5, 0.6) is 11.5 Å². The van der Waals surface area contributed by atoms with E-state index in [2.05, 4.69) is 95.8 Å². The number of aromatic hydroxyl groups is 1. The van der Waals surface area contributed by atoms with E-state index >= 15 is 0 Å². The van der Waals surface area contributed by atoms with E-state index in [4.69, 9.17) is 10.5 Å². The summed E-state index contributed by atoms with van der Waals surface area (Å²) in [5, 5.41) is 21.3. The summed E-state index contributed by atoms with van der Waals surface area (Å²) in [5.41, 5.74) is 14.4. The Labute approximate surface area is 364 Å². The number of ether oxygens (including phenoxy) is 1. The van der Waals surface area contributed by atoms with E-state index in [9.17, 15) is 14.7 Å². The zero-order valence-corrected chi connectivity index (χ0v) is 36.5. The molecule has 0 radical (unpaired) electrons. The summed E-state index contributed by atoms with van der Waals surface area (Å²) in [4.78, 5) is 26.6. The first kappa shape index (κ1) is 44.3. The molecule has 1 saturated heterocycles. The zero-order valence-electron chi connectivity index (χ0n) is 36.5. The van der Waals surface area contributed by atoms with Crippen LogP contribution in [0.3, 0.4) is 0 Å². The van der Waals surface area contributed by atoms with Crippen molar-refractivity contribution in [2.45, 2.75) is 109 Å². The molecule has 6 N–H and O–H groups in total. The molecule has 0 amide bonds. The van der Waals surface area contributed by atoms with Crippen molar-refractivity contribution in [3.05, 3.63) is 136 Å². The van der Waals surface area contributed by atoms with Crippen LogP contribution in [0, 0.1) is 23.2 Å². The number of ketones is 2. The Kier molecular flexibility index (Phi) is 15.5. The Balaban J connectivity index is 0.947. The van der Waals surface area contributed by atoms with E-state index in [1.165, 1.54) is 68.4 Å². The van der Waals surface area contributed by atoms with Gasteiger partial charge in [-0.25, -0.2) is 0 Å². The van der Waals surface area contributed by atoms with Crippen molar-refractivity contribution in [1.29, 1.82) is 0 Å². The van der Waals surface area contributed by atoms with Crippen LogP contribution in [0.15, 0.2) is 108 Å². The third-order valence-corrected chi connectivity index (χ3v) is 14.1. The number of piperidine rings is 1. The van der Waals surface area contributed by atoms with Gasteiger partial charge in [-0.2, -0.15) is 0 Å². The number of carbonyl (C=O) groups excluding carboxylic acids is 2. The standard InChI is InChI=1S/C53H68N4O4/c1-55-49-22-20-42-35-56-27-23-47(42)48(49)34-53(24-6-7-25-53)26-9-14-45(58)33-46(59)21-19-40-31-51(61-2)50(60)30-43(40)29-44-36-57-52(54)32-41(44)18-17-39-13-8-12-38(28-39)16-15-37-10-4-3-5-11-37/h3-5,8,10-13,19-22,28,30-32,36,42,47-49,52,55-57,60H,6-7,9,14-18,23-27,29,33-35,54H2,1-2H3. The number of likely N-dealkylation sites (N-methyl/N-ethyl adjacent to an activating group) is 1. The summed E-state index contributed by atoms with van der Waals surface area (Å²) in [7, 11) is 3.61. The molecule has 0 bridgehead atoms. The van der Waals surface area contributed by atoms with Gasteiger partial charge >= 0.3 is 0 Å². The zero-order chi connectivity index (χ0) is 42.6. The lowest BCUT2D eigenvalue weighted by molar-refractivity contribution is -0.124. The van der Waals surface area contributed by atoms with E-state index < -0.39 is 0 Å². The normalized spacial score (nSPS) is 23.2. The number of aryl methyl sites for hydroxylation is 3. The molecule has 7 rings (SSSR count). The highest BCUT2D eigenvalue weighted by molar-refractivity contribution is 6.06. The molecule has 2 fully saturated rings. The maximum atomic E-state index is 13.3. The van der Waals surface area contributed by atoms with E-state index in [1.54, 1.807) is 18.2 Å². The molecule has 3 aromatic carbocycles. The molecule has 4 aliphatic rings. The third-order valence-electron chi connectivity index (χ3n) is 14.1. The van der Waals surface area contributed by atoms with Crippen molar-refractivity contribution in [2.24, 2.45) is 28.9 Å². The average molecular weight is 825 g/mol. The van der Waals surface area contributed by atoms with Crippen molar-refractivity contribution >= 4 is 17.6 Å². The predicted octanol–water partition coefficient (Wildman–Crippen LogP) is 8.72. The van der Waals surface area contributed by atoms with Gasteiger partial charge in [0.25, 0.3) is 0 Å². The van der Waals surface area contributed by atoms with Crippen LogP contribution in [0.2, 0.25) is 0 Å². The first-order valence-corrected chi connectivity index (χ1v) is 22.9. The number of nitrogens with one attached hydrogen (secondary N) is 3. The van der Waals surface area contributed by atoms with Crippen LogP contribution >= 0.6 is 0 Å². The number of hydrogen-bond donors (Lipinski definition) is 5. The van der Waals surface area contributed by atoms with E-state index in [-0.39, 0.29) is 35.3 Å². The number of nitrogens with two attached hydrogens (primary N) is 1. The second-order valence-electron chi connectivity index (χ2n) is 18.2. The maximum Gasteiger partial charge on any atom is 0.163 e. The summed E-state index contributed by atoms with van der Waals surface area (Å²) in [6.07, 6.45) is 25.8. The molecule has 0 spiro atoms. The van der Waals surface area contributed by atoms with Crippen LogP contribution in [0.25, 0.3) is 6.08 Å². The number of allylic oxidation sites excluding steroid dienone is 3. The highest BCUT2D eigenvalue weighted by atomic mass is 16.5. The first-order valence-electron chi connectivity index (χ1n) is 22.9. The lowest BCUT2D eigenvalue weighted by Gasteiger charge is -2.46. The number of fused-ring (bicyclic) bond motifs is 1. The van der Waals surface area contributed by atoms with Gasteiger partial charge in [-0.15, -0.1) is 0 Å². The van der Waals surface area contributed by atoms with Gasteiger partial charge in [-0.3, -0.25) is 9.59 Å². The van der Waals surface area contributed by atoms with Crippen molar-refractivity contribution in [3.8, 4) is 11.5 Å². The number of phenolic OH excluding ortho intramolecular Hbond substituents is 1. The van der Waals surface area contributed by atoms with Gasteiger partial charge in [-0.05, 0) is 171 Å². The number of rotatable bonds is 20. The number of hydrogen-bond acceptors (Lipinski definition) is 8. The minimum atomic E-state index is -0.291. The second-order valence-corrected chi connectivity index (χ2v) is 18.2. The lowest BCUT2D eigenvalue weighted by atomic mass is 9.63. The molecule has 324 valence electrons. The summed E-state index contributed by atoms with van der Waals surface area (Å²) in [5.74, 6) is 2.10. The summed E-state index contributed by atoms with van der Waals surface area (Å²) < 4.78 is 5.47. The van der Waals surface area contributed by atoms with E-state index in [1.807, 2.05) is 6.20 Å². The molecule has 5 unspecified atom stereocenters. The number of dihydropyridines is 1. The van der Waals surface area contributed by atoms with Crippen LogP contribution in [-0.2, 0) is 35.3 Å². The van der Waals surface area contributed by atoms with Gasteiger partial charge in [0, 0.05) is 25.2 Å². The number of phenols is 1. The Morgan fingerprint density at radius 3 is 2.48 bits per heavy atom. The molecule has 3 aromatic rings. The molecular weight excluding hydrogens is 757 g/mol. The van der Waals surface area contributed by atoms with Gasteiger partial charge in [-0.1, -0.05) is 85.7 Å². The largest absolute Gasteiger partial charge is 0.504 e. The first-order chi connectivity index (χ1) is 29.7.